The minimum absolute atomic E-state index is 0.231. The van der Waals surface area contributed by atoms with E-state index in [0.717, 1.165) is 12.8 Å². The number of hydrogen-bond donors (Lipinski definition) is 2. The fraction of sp³-hybridized carbons (Fsp3) is 0.917. The molecule has 0 bridgehead atoms. The number of rotatable bonds is 10. The van der Waals surface area contributed by atoms with Gasteiger partial charge >= 0.3 is 5.97 Å². The van der Waals surface area contributed by atoms with Crippen molar-refractivity contribution in [3.63, 3.8) is 0 Å². The van der Waals surface area contributed by atoms with E-state index in [1.165, 1.54) is 32.1 Å². The van der Waals surface area contributed by atoms with Crippen molar-refractivity contribution in [1.29, 1.82) is 0 Å². The zero-order valence-corrected chi connectivity index (χ0v) is 9.74. The van der Waals surface area contributed by atoms with Crippen molar-refractivity contribution in [2.75, 3.05) is 6.61 Å². The number of carboxylic acids is 1. The Morgan fingerprint density at radius 1 is 1.07 bits per heavy atom. The Balaban J connectivity index is 3.25. The van der Waals surface area contributed by atoms with Gasteiger partial charge in [-0.15, -0.1) is 0 Å². The van der Waals surface area contributed by atoms with E-state index in [1.807, 2.05) is 0 Å². The molecule has 90 valence electrons. The number of carboxylic acid groups (broad SMARTS) is 1. The highest BCUT2D eigenvalue weighted by atomic mass is 16.4. The van der Waals surface area contributed by atoms with E-state index in [2.05, 4.69) is 6.92 Å². The molecule has 0 aromatic carbocycles. The Kier molecular flexibility index (Phi) is 9.59. The zero-order chi connectivity index (χ0) is 11.5. The summed E-state index contributed by atoms with van der Waals surface area (Å²) in [6, 6.07) is 0. The number of aliphatic hydroxyl groups excluding tert-OH is 1. The van der Waals surface area contributed by atoms with Crippen molar-refractivity contribution in [2.45, 2.75) is 58.3 Å². The van der Waals surface area contributed by atoms with Gasteiger partial charge in [0, 0.05) is 0 Å². The molecule has 0 aliphatic heterocycles. The molecule has 0 aromatic rings. The molecule has 0 spiro atoms. The molecule has 1 atom stereocenters. The Morgan fingerprint density at radius 3 is 2.07 bits per heavy atom. The molecule has 2 N–H and O–H groups in total. The summed E-state index contributed by atoms with van der Waals surface area (Å²) in [4.78, 5) is 10.6. The van der Waals surface area contributed by atoms with Gasteiger partial charge in [0.25, 0.3) is 0 Å². The quantitative estimate of drug-likeness (QED) is 0.552. The van der Waals surface area contributed by atoms with Crippen LogP contribution in [-0.4, -0.2) is 22.8 Å². The summed E-state index contributed by atoms with van der Waals surface area (Å²) in [5.74, 6) is -1.43. The predicted octanol–water partition coefficient (Wildman–Crippen LogP) is 2.82. The molecule has 0 radical (unpaired) electrons. The van der Waals surface area contributed by atoms with Crippen LogP contribution in [0.25, 0.3) is 0 Å². The lowest BCUT2D eigenvalue weighted by molar-refractivity contribution is -0.143. The SMILES string of the molecule is CCCCCCCCCC(CO)C(=O)O. The van der Waals surface area contributed by atoms with Gasteiger partial charge in [-0.05, 0) is 6.42 Å². The van der Waals surface area contributed by atoms with E-state index in [9.17, 15) is 4.79 Å². The van der Waals surface area contributed by atoms with Crippen LogP contribution in [0.5, 0.6) is 0 Å². The lowest BCUT2D eigenvalue weighted by Gasteiger charge is -2.08. The second-order valence-corrected chi connectivity index (χ2v) is 4.13. The third-order valence-electron chi connectivity index (χ3n) is 2.73. The first-order valence-electron chi connectivity index (χ1n) is 6.06. The van der Waals surface area contributed by atoms with Gasteiger partial charge < -0.3 is 10.2 Å². The maximum Gasteiger partial charge on any atom is 0.308 e. The number of unbranched alkanes of at least 4 members (excludes halogenated alkanes) is 6. The monoisotopic (exact) mass is 216 g/mol. The molecule has 1 unspecified atom stereocenters. The van der Waals surface area contributed by atoms with Crippen LogP contribution in [0, 0.1) is 5.92 Å². The van der Waals surface area contributed by atoms with Crippen LogP contribution in [0.1, 0.15) is 58.3 Å². The highest BCUT2D eigenvalue weighted by Crippen LogP contribution is 2.12. The van der Waals surface area contributed by atoms with E-state index < -0.39 is 11.9 Å². The molecule has 0 saturated heterocycles. The first kappa shape index (κ1) is 14.4. The van der Waals surface area contributed by atoms with Crippen molar-refractivity contribution in [3.05, 3.63) is 0 Å². The second-order valence-electron chi connectivity index (χ2n) is 4.13. The molecule has 0 aliphatic rings. The van der Waals surface area contributed by atoms with Crippen LogP contribution >= 0.6 is 0 Å². The highest BCUT2D eigenvalue weighted by molar-refractivity contribution is 5.69. The molecular weight excluding hydrogens is 192 g/mol. The normalized spacial score (nSPS) is 12.7. The van der Waals surface area contributed by atoms with E-state index in [-0.39, 0.29) is 6.61 Å². The summed E-state index contributed by atoms with van der Waals surface area (Å²) in [7, 11) is 0. The fourth-order valence-electron chi connectivity index (χ4n) is 1.64. The van der Waals surface area contributed by atoms with Crippen molar-refractivity contribution in [3.8, 4) is 0 Å². The van der Waals surface area contributed by atoms with Gasteiger partial charge in [-0.1, -0.05) is 51.9 Å². The summed E-state index contributed by atoms with van der Waals surface area (Å²) in [6.07, 6.45) is 8.91. The largest absolute Gasteiger partial charge is 0.481 e. The Morgan fingerprint density at radius 2 is 1.60 bits per heavy atom. The van der Waals surface area contributed by atoms with Crippen LogP contribution in [0.15, 0.2) is 0 Å². The average Bonchev–Trinajstić information content (AvgIpc) is 2.21. The first-order chi connectivity index (χ1) is 7.22. The Bertz CT molecular complexity index is 157. The van der Waals surface area contributed by atoms with Gasteiger partial charge in [0.05, 0.1) is 12.5 Å². The summed E-state index contributed by atoms with van der Waals surface area (Å²) in [5.41, 5.74) is 0. The molecule has 0 aliphatic carbocycles. The topological polar surface area (TPSA) is 57.5 Å². The number of hydrogen-bond acceptors (Lipinski definition) is 2. The molecule has 15 heavy (non-hydrogen) atoms. The maximum absolute atomic E-state index is 10.6. The van der Waals surface area contributed by atoms with Crippen molar-refractivity contribution < 1.29 is 15.0 Å². The van der Waals surface area contributed by atoms with Gasteiger partial charge in [0.1, 0.15) is 0 Å². The van der Waals surface area contributed by atoms with Gasteiger partial charge in [-0.2, -0.15) is 0 Å². The molecule has 0 fully saturated rings. The summed E-state index contributed by atoms with van der Waals surface area (Å²) in [6.45, 7) is 1.96. The van der Waals surface area contributed by atoms with Crippen LogP contribution in [0.2, 0.25) is 0 Å². The maximum atomic E-state index is 10.6. The smallest absolute Gasteiger partial charge is 0.308 e. The standard InChI is InChI=1S/C12H24O3/c1-2-3-4-5-6-7-8-9-11(10-13)12(14)15/h11,13H,2-10H2,1H3,(H,14,15). The molecule has 0 saturated carbocycles. The summed E-state index contributed by atoms with van der Waals surface area (Å²) >= 11 is 0. The lowest BCUT2D eigenvalue weighted by Crippen LogP contribution is -2.17. The first-order valence-corrected chi connectivity index (χ1v) is 6.06. The zero-order valence-electron chi connectivity index (χ0n) is 9.74. The third kappa shape index (κ3) is 8.43. The lowest BCUT2D eigenvalue weighted by atomic mass is 10.0. The van der Waals surface area contributed by atoms with Crippen molar-refractivity contribution >= 4 is 5.97 Å². The van der Waals surface area contributed by atoms with Crippen LogP contribution in [0.3, 0.4) is 0 Å². The second kappa shape index (κ2) is 9.97. The minimum atomic E-state index is -0.872. The Hall–Kier alpha value is -0.570. The van der Waals surface area contributed by atoms with Gasteiger partial charge in [-0.25, -0.2) is 0 Å². The molecule has 0 rings (SSSR count). The van der Waals surface area contributed by atoms with Crippen molar-refractivity contribution in [1.82, 2.24) is 0 Å². The highest BCUT2D eigenvalue weighted by Gasteiger charge is 2.14. The molecule has 0 heterocycles. The van der Waals surface area contributed by atoms with E-state index in [4.69, 9.17) is 10.2 Å². The fourth-order valence-corrected chi connectivity index (χ4v) is 1.64. The third-order valence-corrected chi connectivity index (χ3v) is 2.73. The van der Waals surface area contributed by atoms with E-state index >= 15 is 0 Å². The molecule has 0 aromatic heterocycles. The number of aliphatic hydroxyl groups is 1. The average molecular weight is 216 g/mol. The molecule has 3 heteroatoms. The molecular formula is C12H24O3. The van der Waals surface area contributed by atoms with Gasteiger partial charge in [0.2, 0.25) is 0 Å². The van der Waals surface area contributed by atoms with Crippen molar-refractivity contribution in [2.24, 2.45) is 5.92 Å². The number of aliphatic carboxylic acids is 1. The predicted molar refractivity (Wildman–Crippen MR) is 60.8 cm³/mol. The van der Waals surface area contributed by atoms with Crippen LogP contribution < -0.4 is 0 Å². The summed E-state index contributed by atoms with van der Waals surface area (Å²) in [5, 5.41) is 17.5. The van der Waals surface area contributed by atoms with E-state index in [0.29, 0.717) is 6.42 Å². The van der Waals surface area contributed by atoms with Gasteiger partial charge in [0.15, 0.2) is 0 Å². The minimum Gasteiger partial charge on any atom is -0.481 e. The van der Waals surface area contributed by atoms with Crippen LogP contribution in [-0.2, 0) is 4.79 Å². The van der Waals surface area contributed by atoms with E-state index in [1.54, 1.807) is 0 Å². The van der Waals surface area contributed by atoms with Gasteiger partial charge in [-0.3, -0.25) is 4.79 Å². The Labute approximate surface area is 92.5 Å². The molecule has 0 amide bonds. The summed E-state index contributed by atoms with van der Waals surface area (Å²) < 4.78 is 0. The molecule has 3 nitrogen and oxygen atoms in total. The number of carbonyl (C=O) groups is 1. The van der Waals surface area contributed by atoms with Crippen LogP contribution in [0.4, 0.5) is 0 Å².